The molecular formula is C14H21NO2. The summed E-state index contributed by atoms with van der Waals surface area (Å²) in [6.45, 7) is 5.49. The van der Waals surface area contributed by atoms with Gasteiger partial charge in [-0.3, -0.25) is 0 Å². The molecule has 1 unspecified atom stereocenters. The second-order valence-corrected chi connectivity index (χ2v) is 4.34. The molecule has 2 rings (SSSR count). The Labute approximate surface area is 103 Å². The van der Waals surface area contributed by atoms with E-state index in [-0.39, 0.29) is 0 Å². The molecule has 1 aromatic carbocycles. The average molecular weight is 235 g/mol. The van der Waals surface area contributed by atoms with Crippen LogP contribution in [0, 0.1) is 0 Å². The third kappa shape index (κ3) is 4.02. The van der Waals surface area contributed by atoms with E-state index in [1.54, 1.807) is 0 Å². The lowest BCUT2D eigenvalue weighted by Crippen LogP contribution is -2.25. The van der Waals surface area contributed by atoms with Gasteiger partial charge in [-0.2, -0.15) is 0 Å². The molecule has 1 aliphatic heterocycles. The van der Waals surface area contributed by atoms with E-state index >= 15 is 0 Å². The highest BCUT2D eigenvalue weighted by molar-refractivity contribution is 5.27. The largest absolute Gasteiger partial charge is 0.494 e. The van der Waals surface area contributed by atoms with Crippen LogP contribution in [0.4, 0.5) is 0 Å². The molecule has 1 fully saturated rings. The lowest BCUT2D eigenvalue weighted by molar-refractivity contribution is 0.110. The molecule has 1 aliphatic rings. The molecule has 1 saturated heterocycles. The third-order valence-electron chi connectivity index (χ3n) is 2.96. The summed E-state index contributed by atoms with van der Waals surface area (Å²) in [5.74, 6) is 0.940. The van der Waals surface area contributed by atoms with Gasteiger partial charge < -0.3 is 14.8 Å². The zero-order chi connectivity index (χ0) is 11.9. The Balaban J connectivity index is 1.70. The standard InChI is InChI=1S/C14H21NO2/c1-2-16-13-7-5-12(6-8-13)10-15-11-14-4-3-9-17-14/h5-8,14-15H,2-4,9-11H2,1H3. The Hall–Kier alpha value is -1.06. The molecule has 0 aromatic heterocycles. The topological polar surface area (TPSA) is 30.5 Å². The lowest BCUT2D eigenvalue weighted by atomic mass is 10.2. The molecule has 17 heavy (non-hydrogen) atoms. The molecule has 0 radical (unpaired) electrons. The molecule has 3 nitrogen and oxygen atoms in total. The lowest BCUT2D eigenvalue weighted by Gasteiger charge is -2.11. The summed E-state index contributed by atoms with van der Waals surface area (Å²) in [4.78, 5) is 0. The van der Waals surface area contributed by atoms with Crippen molar-refractivity contribution >= 4 is 0 Å². The normalized spacial score (nSPS) is 19.5. The van der Waals surface area contributed by atoms with Gasteiger partial charge in [0.1, 0.15) is 5.75 Å². The van der Waals surface area contributed by atoms with Crippen molar-refractivity contribution in [1.82, 2.24) is 5.32 Å². The smallest absolute Gasteiger partial charge is 0.119 e. The number of hydrogen-bond acceptors (Lipinski definition) is 3. The highest BCUT2D eigenvalue weighted by Crippen LogP contribution is 2.13. The van der Waals surface area contributed by atoms with Crippen LogP contribution in [0.15, 0.2) is 24.3 Å². The van der Waals surface area contributed by atoms with Crippen LogP contribution in [0.3, 0.4) is 0 Å². The highest BCUT2D eigenvalue weighted by atomic mass is 16.5. The first-order valence-corrected chi connectivity index (χ1v) is 6.42. The van der Waals surface area contributed by atoms with Crippen LogP contribution in [-0.2, 0) is 11.3 Å². The summed E-state index contributed by atoms with van der Waals surface area (Å²) < 4.78 is 11.0. The van der Waals surface area contributed by atoms with Gasteiger partial charge >= 0.3 is 0 Å². The van der Waals surface area contributed by atoms with Crippen LogP contribution in [0.5, 0.6) is 5.75 Å². The average Bonchev–Trinajstić information content (AvgIpc) is 2.85. The number of ether oxygens (including phenoxy) is 2. The van der Waals surface area contributed by atoms with Crippen LogP contribution in [0.25, 0.3) is 0 Å². The van der Waals surface area contributed by atoms with Crippen LogP contribution in [0.2, 0.25) is 0 Å². The van der Waals surface area contributed by atoms with Crippen LogP contribution >= 0.6 is 0 Å². The monoisotopic (exact) mass is 235 g/mol. The van der Waals surface area contributed by atoms with Crippen LogP contribution in [-0.4, -0.2) is 25.9 Å². The van der Waals surface area contributed by atoms with E-state index in [4.69, 9.17) is 9.47 Å². The fourth-order valence-corrected chi connectivity index (χ4v) is 2.05. The second-order valence-electron chi connectivity index (χ2n) is 4.34. The summed E-state index contributed by atoms with van der Waals surface area (Å²) in [5, 5.41) is 3.43. The molecule has 0 saturated carbocycles. The molecule has 1 heterocycles. The molecule has 1 N–H and O–H groups in total. The fourth-order valence-electron chi connectivity index (χ4n) is 2.05. The number of benzene rings is 1. The van der Waals surface area contributed by atoms with E-state index in [1.807, 2.05) is 19.1 Å². The highest BCUT2D eigenvalue weighted by Gasteiger charge is 2.14. The zero-order valence-corrected chi connectivity index (χ0v) is 10.4. The van der Waals surface area contributed by atoms with Crippen molar-refractivity contribution in [2.75, 3.05) is 19.8 Å². The van der Waals surface area contributed by atoms with Crippen LogP contribution < -0.4 is 10.1 Å². The molecule has 3 heteroatoms. The Morgan fingerprint density at radius 3 is 2.82 bits per heavy atom. The molecule has 0 bridgehead atoms. The van der Waals surface area contributed by atoms with Gasteiger partial charge in [-0.1, -0.05) is 12.1 Å². The first kappa shape index (κ1) is 12.4. The minimum atomic E-state index is 0.415. The predicted octanol–water partition coefficient (Wildman–Crippen LogP) is 2.35. The van der Waals surface area contributed by atoms with E-state index in [2.05, 4.69) is 17.4 Å². The third-order valence-corrected chi connectivity index (χ3v) is 2.96. The molecule has 0 amide bonds. The van der Waals surface area contributed by atoms with E-state index in [1.165, 1.54) is 18.4 Å². The summed E-state index contributed by atoms with van der Waals surface area (Å²) in [6, 6.07) is 8.25. The molecular weight excluding hydrogens is 214 g/mol. The van der Waals surface area contributed by atoms with Gasteiger partial charge in [0.2, 0.25) is 0 Å². The Bertz CT molecular complexity index is 317. The van der Waals surface area contributed by atoms with Crippen molar-refractivity contribution in [3.05, 3.63) is 29.8 Å². The van der Waals surface area contributed by atoms with Gasteiger partial charge in [0.15, 0.2) is 0 Å². The van der Waals surface area contributed by atoms with Crippen molar-refractivity contribution in [2.24, 2.45) is 0 Å². The molecule has 1 atom stereocenters. The maximum atomic E-state index is 5.56. The minimum Gasteiger partial charge on any atom is -0.494 e. The van der Waals surface area contributed by atoms with Crippen molar-refractivity contribution in [3.8, 4) is 5.75 Å². The molecule has 0 spiro atoms. The maximum absolute atomic E-state index is 5.56. The number of nitrogens with one attached hydrogen (secondary N) is 1. The van der Waals surface area contributed by atoms with E-state index in [0.29, 0.717) is 6.10 Å². The van der Waals surface area contributed by atoms with Crippen molar-refractivity contribution in [3.63, 3.8) is 0 Å². The molecule has 1 aromatic rings. The van der Waals surface area contributed by atoms with Crippen molar-refractivity contribution in [2.45, 2.75) is 32.4 Å². The first-order chi connectivity index (χ1) is 8.38. The van der Waals surface area contributed by atoms with Crippen molar-refractivity contribution in [1.29, 1.82) is 0 Å². The fraction of sp³-hybridized carbons (Fsp3) is 0.571. The van der Waals surface area contributed by atoms with Gasteiger partial charge in [-0.05, 0) is 37.5 Å². The summed E-state index contributed by atoms with van der Waals surface area (Å²) in [7, 11) is 0. The SMILES string of the molecule is CCOc1ccc(CNCC2CCCO2)cc1. The summed E-state index contributed by atoms with van der Waals surface area (Å²) in [6.07, 6.45) is 2.81. The second kappa shape index (κ2) is 6.62. The quantitative estimate of drug-likeness (QED) is 0.821. The van der Waals surface area contributed by atoms with Crippen molar-refractivity contribution < 1.29 is 9.47 Å². The number of hydrogen-bond donors (Lipinski definition) is 1. The molecule has 94 valence electrons. The number of rotatable bonds is 6. The summed E-state index contributed by atoms with van der Waals surface area (Å²) in [5.41, 5.74) is 1.28. The summed E-state index contributed by atoms with van der Waals surface area (Å²) >= 11 is 0. The van der Waals surface area contributed by atoms with E-state index < -0.39 is 0 Å². The van der Waals surface area contributed by atoms with Gasteiger partial charge in [-0.15, -0.1) is 0 Å². The first-order valence-electron chi connectivity index (χ1n) is 6.42. The Morgan fingerprint density at radius 1 is 1.35 bits per heavy atom. The minimum absolute atomic E-state index is 0.415. The Kier molecular flexibility index (Phi) is 4.83. The van der Waals surface area contributed by atoms with Gasteiger partial charge in [0.25, 0.3) is 0 Å². The Morgan fingerprint density at radius 2 is 2.18 bits per heavy atom. The van der Waals surface area contributed by atoms with E-state index in [0.717, 1.165) is 32.1 Å². The van der Waals surface area contributed by atoms with Gasteiger partial charge in [0, 0.05) is 19.7 Å². The maximum Gasteiger partial charge on any atom is 0.119 e. The van der Waals surface area contributed by atoms with Gasteiger partial charge in [-0.25, -0.2) is 0 Å². The zero-order valence-electron chi connectivity index (χ0n) is 10.4. The van der Waals surface area contributed by atoms with Crippen LogP contribution in [0.1, 0.15) is 25.3 Å². The van der Waals surface area contributed by atoms with Gasteiger partial charge in [0.05, 0.1) is 12.7 Å². The van der Waals surface area contributed by atoms with E-state index in [9.17, 15) is 0 Å². The predicted molar refractivity (Wildman–Crippen MR) is 68.3 cm³/mol. The molecule has 0 aliphatic carbocycles.